The number of hydrogen-bond donors (Lipinski definition) is 1. The number of benzene rings is 2. The molecule has 174 valence electrons. The Bertz CT molecular complexity index is 1260. The fourth-order valence-corrected chi connectivity index (χ4v) is 4.77. The van der Waals surface area contributed by atoms with Gasteiger partial charge in [-0.15, -0.1) is 0 Å². The zero-order valence-electron chi connectivity index (χ0n) is 18.6. The summed E-state index contributed by atoms with van der Waals surface area (Å²) in [6.07, 6.45) is 2.45. The van der Waals surface area contributed by atoms with Crippen LogP contribution in [0.2, 0.25) is 0 Å². The predicted molar refractivity (Wildman–Crippen MR) is 135 cm³/mol. The van der Waals surface area contributed by atoms with Crippen LogP contribution in [0, 0.1) is 6.92 Å². The van der Waals surface area contributed by atoms with Crippen molar-refractivity contribution in [3.63, 3.8) is 0 Å². The minimum Gasteiger partial charge on any atom is -0.497 e. The molecule has 1 aliphatic heterocycles. The lowest BCUT2D eigenvalue weighted by molar-refractivity contribution is -0.122. The van der Waals surface area contributed by atoms with E-state index in [2.05, 4.69) is 15.6 Å². The highest BCUT2D eigenvalue weighted by Gasteiger charge is 2.31. The first-order valence-electron chi connectivity index (χ1n) is 10.5. The van der Waals surface area contributed by atoms with Crippen LogP contribution in [-0.2, 0) is 9.59 Å². The number of carbonyl (C=O) groups excluding carboxylic acids is 2. The van der Waals surface area contributed by atoms with Crippen molar-refractivity contribution in [1.29, 1.82) is 0 Å². The lowest BCUT2D eigenvalue weighted by Gasteiger charge is -2.14. The van der Waals surface area contributed by atoms with Crippen molar-refractivity contribution in [1.82, 2.24) is 15.2 Å². The van der Waals surface area contributed by atoms with Gasteiger partial charge in [0, 0.05) is 18.5 Å². The van der Waals surface area contributed by atoms with Gasteiger partial charge in [0.2, 0.25) is 11.7 Å². The highest BCUT2D eigenvalue weighted by atomic mass is 32.2. The summed E-state index contributed by atoms with van der Waals surface area (Å²) in [6, 6.07) is 15.1. The molecule has 4 rings (SSSR count). The Morgan fingerprint density at radius 3 is 2.76 bits per heavy atom. The highest BCUT2D eigenvalue weighted by molar-refractivity contribution is 8.26. The van der Waals surface area contributed by atoms with Gasteiger partial charge in [0.15, 0.2) is 5.69 Å². The number of aromatic nitrogens is 2. The number of thioether (sulfide) groups is 1. The lowest BCUT2D eigenvalue weighted by Crippen LogP contribution is -2.29. The summed E-state index contributed by atoms with van der Waals surface area (Å²) < 4.78 is 10.6. The van der Waals surface area contributed by atoms with Crippen molar-refractivity contribution in [3.8, 4) is 17.0 Å². The van der Waals surface area contributed by atoms with Crippen LogP contribution in [-0.4, -0.2) is 45.0 Å². The van der Waals surface area contributed by atoms with Crippen LogP contribution in [0.1, 0.15) is 24.0 Å². The fraction of sp³-hybridized carbons (Fsp3) is 0.208. The smallest absolute Gasteiger partial charge is 0.266 e. The number of rotatable bonds is 8. The van der Waals surface area contributed by atoms with Gasteiger partial charge in [-0.25, -0.2) is 4.63 Å². The molecule has 1 aromatic heterocycles. The first-order valence-corrected chi connectivity index (χ1v) is 11.8. The third-order valence-electron chi connectivity index (χ3n) is 5.19. The number of nitrogens with zero attached hydrogens (tertiary/aromatic N) is 3. The van der Waals surface area contributed by atoms with E-state index >= 15 is 0 Å². The Morgan fingerprint density at radius 2 is 2.03 bits per heavy atom. The molecule has 0 spiro atoms. The molecule has 2 aromatic carbocycles. The molecule has 0 radical (unpaired) electrons. The van der Waals surface area contributed by atoms with Gasteiger partial charge in [0.25, 0.3) is 5.91 Å². The monoisotopic (exact) mass is 494 g/mol. The average Bonchev–Trinajstić information content (AvgIpc) is 3.38. The molecule has 1 saturated heterocycles. The zero-order valence-corrected chi connectivity index (χ0v) is 20.2. The SMILES string of the molecule is COc1ccc(-c2nonc2NC(=O)CCCN2C(=O)/C(=C/c3ccccc3)SC2=S)c(C)c1. The molecule has 10 heteroatoms. The molecule has 2 amide bonds. The van der Waals surface area contributed by atoms with Crippen LogP contribution in [0.25, 0.3) is 17.3 Å². The average molecular weight is 495 g/mol. The largest absolute Gasteiger partial charge is 0.497 e. The quantitative estimate of drug-likeness (QED) is 0.356. The van der Waals surface area contributed by atoms with Gasteiger partial charge in [0.1, 0.15) is 10.1 Å². The topological polar surface area (TPSA) is 97.6 Å². The van der Waals surface area contributed by atoms with Crippen LogP contribution in [0.3, 0.4) is 0 Å². The van der Waals surface area contributed by atoms with E-state index in [4.69, 9.17) is 21.6 Å². The molecule has 2 heterocycles. The molecule has 34 heavy (non-hydrogen) atoms. The van der Waals surface area contributed by atoms with Crippen LogP contribution >= 0.6 is 24.0 Å². The number of thiocarbonyl (C=S) groups is 1. The van der Waals surface area contributed by atoms with E-state index in [9.17, 15) is 9.59 Å². The molecular weight excluding hydrogens is 472 g/mol. The Labute approximate surface area is 206 Å². The normalized spacial score (nSPS) is 14.6. The Hall–Kier alpha value is -3.50. The maximum absolute atomic E-state index is 12.7. The molecule has 0 bridgehead atoms. The number of aryl methyl sites for hydroxylation is 1. The number of ether oxygens (including phenoxy) is 1. The van der Waals surface area contributed by atoms with Gasteiger partial charge in [-0.2, -0.15) is 0 Å². The van der Waals surface area contributed by atoms with Gasteiger partial charge in [0.05, 0.1) is 12.0 Å². The molecule has 3 aromatic rings. The number of hydrogen-bond acceptors (Lipinski definition) is 8. The fourth-order valence-electron chi connectivity index (χ4n) is 3.46. The summed E-state index contributed by atoms with van der Waals surface area (Å²) in [5, 5.41) is 10.5. The predicted octanol–water partition coefficient (Wildman–Crippen LogP) is 4.67. The Morgan fingerprint density at radius 1 is 1.24 bits per heavy atom. The van der Waals surface area contributed by atoms with E-state index in [-0.39, 0.29) is 24.1 Å². The number of amides is 2. The number of methoxy groups -OCH3 is 1. The second kappa shape index (κ2) is 10.6. The van der Waals surface area contributed by atoms with Crippen molar-refractivity contribution in [2.75, 3.05) is 19.0 Å². The Balaban J connectivity index is 1.33. The van der Waals surface area contributed by atoms with Crippen LogP contribution in [0.5, 0.6) is 5.75 Å². The van der Waals surface area contributed by atoms with Gasteiger partial charge in [-0.3, -0.25) is 14.5 Å². The summed E-state index contributed by atoms with van der Waals surface area (Å²) in [4.78, 5) is 27.4. The summed E-state index contributed by atoms with van der Waals surface area (Å²) in [5.74, 6) is 0.567. The zero-order chi connectivity index (χ0) is 24.1. The van der Waals surface area contributed by atoms with Crippen molar-refractivity contribution in [2.24, 2.45) is 0 Å². The van der Waals surface area contributed by atoms with Crippen LogP contribution in [0.15, 0.2) is 58.1 Å². The molecule has 1 aliphatic rings. The van der Waals surface area contributed by atoms with Crippen LogP contribution < -0.4 is 10.1 Å². The molecule has 8 nitrogen and oxygen atoms in total. The maximum atomic E-state index is 12.7. The van der Waals surface area contributed by atoms with Crippen molar-refractivity contribution in [2.45, 2.75) is 19.8 Å². The van der Waals surface area contributed by atoms with E-state index in [1.54, 1.807) is 13.2 Å². The summed E-state index contributed by atoms with van der Waals surface area (Å²) in [6.45, 7) is 2.26. The minimum atomic E-state index is -0.256. The molecule has 0 aliphatic carbocycles. The number of nitrogens with one attached hydrogen (secondary N) is 1. The second-order valence-corrected chi connectivity index (χ2v) is 9.21. The first kappa shape index (κ1) is 23.7. The maximum Gasteiger partial charge on any atom is 0.266 e. The highest BCUT2D eigenvalue weighted by Crippen LogP contribution is 2.33. The third-order valence-corrected chi connectivity index (χ3v) is 6.57. The summed E-state index contributed by atoms with van der Waals surface area (Å²) in [7, 11) is 1.60. The van der Waals surface area contributed by atoms with E-state index in [0.29, 0.717) is 27.9 Å². The standard InChI is InChI=1S/C24H22N4O4S2/c1-15-13-17(31-2)10-11-18(15)21-22(27-32-26-21)25-20(29)9-6-12-28-23(30)19(34-24(28)33)14-16-7-4-3-5-8-16/h3-5,7-8,10-11,13-14H,6,9,12H2,1-2H3,(H,25,27,29)/b19-14-. The van der Waals surface area contributed by atoms with Crippen LogP contribution in [0.4, 0.5) is 5.82 Å². The number of carbonyl (C=O) groups is 2. The van der Waals surface area contributed by atoms with Gasteiger partial charge in [-0.1, -0.05) is 54.3 Å². The van der Waals surface area contributed by atoms with Gasteiger partial charge >= 0.3 is 0 Å². The minimum absolute atomic E-state index is 0.141. The van der Waals surface area contributed by atoms with Crippen molar-refractivity contribution in [3.05, 3.63) is 64.6 Å². The lowest BCUT2D eigenvalue weighted by atomic mass is 10.1. The second-order valence-electron chi connectivity index (χ2n) is 7.54. The van der Waals surface area contributed by atoms with Gasteiger partial charge in [-0.05, 0) is 59.1 Å². The van der Waals surface area contributed by atoms with Crippen molar-refractivity contribution >= 4 is 52.0 Å². The van der Waals surface area contributed by atoms with E-state index < -0.39 is 0 Å². The molecule has 1 N–H and O–H groups in total. The third kappa shape index (κ3) is 5.35. The first-order chi connectivity index (χ1) is 16.5. The summed E-state index contributed by atoms with van der Waals surface area (Å²) in [5.41, 5.74) is 3.06. The van der Waals surface area contributed by atoms with E-state index in [1.165, 1.54) is 16.7 Å². The molecule has 0 unspecified atom stereocenters. The van der Waals surface area contributed by atoms with E-state index in [1.807, 2.05) is 55.5 Å². The molecule has 1 fully saturated rings. The van der Waals surface area contributed by atoms with E-state index in [0.717, 1.165) is 22.4 Å². The van der Waals surface area contributed by atoms with Crippen molar-refractivity contribution < 1.29 is 19.0 Å². The number of anilines is 1. The Kier molecular flexibility index (Phi) is 7.39. The molecular formula is C24H22N4O4S2. The summed E-state index contributed by atoms with van der Waals surface area (Å²) >= 11 is 6.64. The molecule has 0 atom stereocenters. The van der Waals surface area contributed by atoms with Gasteiger partial charge < -0.3 is 10.1 Å². The molecule has 0 saturated carbocycles.